The van der Waals surface area contributed by atoms with Crippen LogP contribution in [0.2, 0.25) is 0 Å². The van der Waals surface area contributed by atoms with E-state index in [9.17, 15) is 29.1 Å². The highest BCUT2D eigenvalue weighted by atomic mass is 16.5. The van der Waals surface area contributed by atoms with Crippen molar-refractivity contribution in [2.24, 2.45) is 17.6 Å². The molecule has 0 spiro atoms. The average molecular weight is 558 g/mol. The molecule has 0 aromatic heterocycles. The van der Waals surface area contributed by atoms with Crippen molar-refractivity contribution < 1.29 is 33.8 Å². The summed E-state index contributed by atoms with van der Waals surface area (Å²) in [6.07, 6.45) is 0.990. The molecule has 5 N–H and O–H groups in total. The number of nitrogens with two attached hydrogens (primary N) is 1. The number of nitrogens with one attached hydrogen (secondary N) is 2. The Bertz CT molecular complexity index is 807. The zero-order valence-corrected chi connectivity index (χ0v) is 25.0. The van der Waals surface area contributed by atoms with Gasteiger partial charge >= 0.3 is 0 Å². The van der Waals surface area contributed by atoms with Gasteiger partial charge in [-0.25, -0.2) is 0 Å². The molecule has 0 aliphatic heterocycles. The summed E-state index contributed by atoms with van der Waals surface area (Å²) in [5.41, 5.74) is 5.50. The van der Waals surface area contributed by atoms with Gasteiger partial charge in [0, 0.05) is 34.2 Å². The molecule has 0 heterocycles. The molecule has 0 bridgehead atoms. The van der Waals surface area contributed by atoms with E-state index in [1.54, 1.807) is 27.9 Å². The van der Waals surface area contributed by atoms with Crippen molar-refractivity contribution in [2.75, 3.05) is 34.4 Å². The van der Waals surface area contributed by atoms with Crippen LogP contribution in [0.25, 0.3) is 0 Å². The fourth-order valence-electron chi connectivity index (χ4n) is 4.10. The van der Waals surface area contributed by atoms with E-state index >= 15 is 0 Å². The summed E-state index contributed by atoms with van der Waals surface area (Å²) >= 11 is 0. The van der Waals surface area contributed by atoms with Crippen LogP contribution in [0.1, 0.15) is 73.1 Å². The van der Waals surface area contributed by atoms with Crippen LogP contribution in [-0.4, -0.2) is 103 Å². The number of aliphatic hydroxyl groups excluding tert-OH is 1. The lowest BCUT2D eigenvalue weighted by Crippen LogP contribution is -2.56. The monoisotopic (exact) mass is 557 g/mol. The Morgan fingerprint density at radius 1 is 0.974 bits per heavy atom. The third kappa shape index (κ3) is 13.3. The van der Waals surface area contributed by atoms with E-state index in [0.29, 0.717) is 38.8 Å². The van der Waals surface area contributed by atoms with Gasteiger partial charge in [-0.05, 0) is 44.4 Å². The van der Waals surface area contributed by atoms with Crippen LogP contribution in [0.4, 0.5) is 0 Å². The fourth-order valence-corrected chi connectivity index (χ4v) is 4.10. The van der Waals surface area contributed by atoms with Crippen LogP contribution >= 0.6 is 0 Å². The van der Waals surface area contributed by atoms with Crippen molar-refractivity contribution in [3.63, 3.8) is 0 Å². The molecule has 0 aromatic carbocycles. The molecular weight excluding hydrogens is 506 g/mol. The lowest BCUT2D eigenvalue weighted by atomic mass is 9.95. The number of hydrogen-bond acceptors (Lipinski definition) is 7. The summed E-state index contributed by atoms with van der Waals surface area (Å²) < 4.78 is 4.88. The third-order valence-electron chi connectivity index (χ3n) is 6.91. The van der Waals surface area contributed by atoms with Gasteiger partial charge in [0.25, 0.3) is 0 Å². The van der Waals surface area contributed by atoms with Crippen LogP contribution < -0.4 is 16.4 Å². The summed E-state index contributed by atoms with van der Waals surface area (Å²) in [7, 11) is 4.52. The maximum atomic E-state index is 13.1. The van der Waals surface area contributed by atoms with E-state index in [-0.39, 0.29) is 30.6 Å². The summed E-state index contributed by atoms with van der Waals surface area (Å²) in [5, 5.41) is 15.9. The SMILES string of the molecule is CC[C@H](NC(=O)C[C@H](O)[C@H](C)CCCC(=O)NCCOC)C(=O)N(C)[C@H](C)C(=O)N(C)[C@@H](CC(C)C)C(N)=O. The Kier molecular flexibility index (Phi) is 17.2. The average Bonchev–Trinajstić information content (AvgIpc) is 2.87. The molecule has 5 amide bonds. The first-order valence-electron chi connectivity index (χ1n) is 13.7. The Labute approximate surface area is 233 Å². The normalized spacial score (nSPS) is 15.0. The number of amides is 5. The smallest absolute Gasteiger partial charge is 0.245 e. The van der Waals surface area contributed by atoms with Crippen LogP contribution in [0.3, 0.4) is 0 Å². The second-order valence-electron chi connectivity index (χ2n) is 10.6. The zero-order valence-electron chi connectivity index (χ0n) is 25.0. The highest BCUT2D eigenvalue weighted by Gasteiger charge is 2.34. The number of methoxy groups -OCH3 is 1. The largest absolute Gasteiger partial charge is 0.392 e. The van der Waals surface area contributed by atoms with Crippen LogP contribution in [0, 0.1) is 11.8 Å². The predicted octanol–water partition coefficient (Wildman–Crippen LogP) is 0.407. The third-order valence-corrected chi connectivity index (χ3v) is 6.91. The first-order valence-corrected chi connectivity index (χ1v) is 13.7. The van der Waals surface area contributed by atoms with Crippen LogP contribution in [0.15, 0.2) is 0 Å². The molecule has 12 heteroatoms. The van der Waals surface area contributed by atoms with Gasteiger partial charge in [0.05, 0.1) is 19.1 Å². The molecule has 226 valence electrons. The van der Waals surface area contributed by atoms with Gasteiger partial charge in [0.2, 0.25) is 29.5 Å². The molecule has 0 saturated carbocycles. The molecule has 12 nitrogen and oxygen atoms in total. The minimum Gasteiger partial charge on any atom is -0.392 e. The number of aliphatic hydroxyl groups is 1. The van der Waals surface area contributed by atoms with Gasteiger partial charge in [-0.1, -0.05) is 27.7 Å². The predicted molar refractivity (Wildman–Crippen MR) is 148 cm³/mol. The standard InChI is InChI=1S/C27H51N5O7/c1-9-20(27(38)31(6)19(5)26(37)32(7)21(25(28)36)15-17(2)3)30-24(35)16-22(33)18(4)11-10-12-23(34)29-13-14-39-8/h17-22,33H,9-16H2,1-8H3,(H2,28,36)(H,29,34)(H,30,35)/t18-,19-,20+,21+,22+/m1/s1. The zero-order chi connectivity index (χ0) is 30.3. The van der Waals surface area contributed by atoms with Crippen LogP contribution in [-0.2, 0) is 28.7 Å². The molecule has 39 heavy (non-hydrogen) atoms. The van der Waals surface area contributed by atoms with Gasteiger partial charge in [0.15, 0.2) is 0 Å². The Morgan fingerprint density at radius 2 is 1.59 bits per heavy atom. The van der Waals surface area contributed by atoms with E-state index in [0.717, 1.165) is 0 Å². The molecular formula is C27H51N5O7. The number of nitrogens with zero attached hydrogens (tertiary/aromatic N) is 2. The second kappa shape index (κ2) is 18.5. The van der Waals surface area contributed by atoms with E-state index < -0.39 is 47.9 Å². The molecule has 0 aliphatic rings. The Balaban J connectivity index is 4.93. The number of hydrogen-bond donors (Lipinski definition) is 4. The number of rotatable bonds is 19. The first kappa shape index (κ1) is 36.3. The van der Waals surface area contributed by atoms with Crippen LogP contribution in [0.5, 0.6) is 0 Å². The fraction of sp³-hybridized carbons (Fsp3) is 0.815. The molecule has 0 rings (SSSR count). The minimum absolute atomic E-state index is 0.0936. The van der Waals surface area contributed by atoms with Gasteiger partial charge in [-0.3, -0.25) is 24.0 Å². The van der Waals surface area contributed by atoms with Crippen molar-refractivity contribution >= 4 is 29.5 Å². The van der Waals surface area contributed by atoms with Crippen molar-refractivity contribution in [1.29, 1.82) is 0 Å². The lowest BCUT2D eigenvalue weighted by Gasteiger charge is -2.34. The molecule has 0 aromatic rings. The molecule has 5 atom stereocenters. The minimum atomic E-state index is -0.937. The quantitative estimate of drug-likeness (QED) is 0.167. The topological polar surface area (TPSA) is 171 Å². The molecule has 0 aliphatic carbocycles. The van der Waals surface area contributed by atoms with Gasteiger partial charge < -0.3 is 36.0 Å². The number of primary amides is 1. The number of carbonyl (C=O) groups is 5. The number of likely N-dealkylation sites (N-methyl/N-ethyl adjacent to an activating group) is 2. The lowest BCUT2D eigenvalue weighted by molar-refractivity contribution is -0.148. The molecule has 0 fully saturated rings. The Hall–Kier alpha value is -2.73. The molecule has 0 unspecified atom stereocenters. The van der Waals surface area contributed by atoms with Crippen molar-refractivity contribution in [2.45, 2.75) is 97.4 Å². The summed E-state index contributed by atoms with van der Waals surface area (Å²) in [4.78, 5) is 65.0. The van der Waals surface area contributed by atoms with Crippen molar-refractivity contribution in [1.82, 2.24) is 20.4 Å². The van der Waals surface area contributed by atoms with Gasteiger partial charge in [-0.15, -0.1) is 0 Å². The van der Waals surface area contributed by atoms with Gasteiger partial charge in [0.1, 0.15) is 18.1 Å². The highest BCUT2D eigenvalue weighted by molar-refractivity contribution is 5.93. The van der Waals surface area contributed by atoms with E-state index in [2.05, 4.69) is 10.6 Å². The number of carbonyl (C=O) groups excluding carboxylic acids is 5. The second-order valence-corrected chi connectivity index (χ2v) is 10.6. The van der Waals surface area contributed by atoms with E-state index in [1.165, 1.54) is 23.9 Å². The summed E-state index contributed by atoms with van der Waals surface area (Å²) in [5.74, 6) is -2.17. The molecule has 0 saturated heterocycles. The maximum absolute atomic E-state index is 13.1. The molecule has 0 radical (unpaired) electrons. The highest BCUT2D eigenvalue weighted by Crippen LogP contribution is 2.16. The van der Waals surface area contributed by atoms with Crippen molar-refractivity contribution in [3.8, 4) is 0 Å². The van der Waals surface area contributed by atoms with Crippen molar-refractivity contribution in [3.05, 3.63) is 0 Å². The van der Waals surface area contributed by atoms with E-state index in [4.69, 9.17) is 10.5 Å². The Morgan fingerprint density at radius 3 is 2.10 bits per heavy atom. The summed E-state index contributed by atoms with van der Waals surface area (Å²) in [6, 6.07) is -2.57. The van der Waals surface area contributed by atoms with Gasteiger partial charge in [-0.2, -0.15) is 0 Å². The van der Waals surface area contributed by atoms with E-state index in [1.807, 2.05) is 13.8 Å². The number of ether oxygens (including phenoxy) is 1. The maximum Gasteiger partial charge on any atom is 0.245 e. The summed E-state index contributed by atoms with van der Waals surface area (Å²) in [6.45, 7) is 9.82. The first-order chi connectivity index (χ1) is 18.2.